The van der Waals surface area contributed by atoms with E-state index in [0.717, 1.165) is 43.4 Å². The molecule has 4 heteroatoms. The number of unbranched alkanes of at least 4 members (excludes halogenated alkanes) is 4. The van der Waals surface area contributed by atoms with Gasteiger partial charge in [-0.15, -0.1) is 0 Å². The third-order valence-corrected chi connectivity index (χ3v) is 7.79. The van der Waals surface area contributed by atoms with Gasteiger partial charge in [0.05, 0.1) is 11.5 Å². The third-order valence-electron chi connectivity index (χ3n) is 7.79. The van der Waals surface area contributed by atoms with Crippen LogP contribution in [0.15, 0.2) is 54.6 Å². The van der Waals surface area contributed by atoms with Crippen molar-refractivity contribution >= 4 is 5.97 Å². The number of carboxylic acid groups (broad SMARTS) is 1. The second-order valence-corrected chi connectivity index (χ2v) is 10.4. The molecule has 4 atom stereocenters. The van der Waals surface area contributed by atoms with E-state index in [1.165, 1.54) is 25.7 Å². The lowest BCUT2D eigenvalue weighted by atomic mass is 9.65. The Bertz CT molecular complexity index is 882. The van der Waals surface area contributed by atoms with Crippen molar-refractivity contribution in [2.45, 2.75) is 102 Å². The number of hydrogen-bond donors (Lipinski definition) is 1. The summed E-state index contributed by atoms with van der Waals surface area (Å²) in [5, 5.41) is 10.1. The molecule has 0 radical (unpaired) electrons. The number of halogens is 1. The number of benzene rings is 2. The Morgan fingerprint density at radius 2 is 1.71 bits per heavy atom. The first kappa shape index (κ1) is 27.4. The predicted octanol–water partition coefficient (Wildman–Crippen LogP) is 8.36. The number of rotatable bonds is 14. The van der Waals surface area contributed by atoms with Gasteiger partial charge in [0.1, 0.15) is 6.17 Å². The summed E-state index contributed by atoms with van der Waals surface area (Å²) in [5.41, 5.74) is 1.70. The number of carbonyl (C=O) groups is 1. The van der Waals surface area contributed by atoms with Gasteiger partial charge in [-0.05, 0) is 68.1 Å². The minimum absolute atomic E-state index is 0.0570. The molecule has 3 rings (SSSR count). The number of ether oxygens (including phenoxy) is 1. The predicted molar refractivity (Wildman–Crippen MR) is 141 cm³/mol. The monoisotopic (exact) mass is 482 g/mol. The molecule has 0 aliphatic heterocycles. The maximum atomic E-state index is 15.3. The number of hydrogen-bond acceptors (Lipinski definition) is 2. The fourth-order valence-electron chi connectivity index (χ4n) is 5.47. The van der Waals surface area contributed by atoms with Gasteiger partial charge in [-0.25, -0.2) is 4.39 Å². The highest BCUT2D eigenvalue weighted by atomic mass is 19.1. The smallest absolute Gasteiger partial charge is 0.314 e. The Morgan fingerprint density at radius 3 is 2.37 bits per heavy atom. The average Bonchev–Trinajstić information content (AvgIpc) is 2.87. The van der Waals surface area contributed by atoms with Gasteiger partial charge in [-0.2, -0.15) is 0 Å². The van der Waals surface area contributed by atoms with Gasteiger partial charge in [0.15, 0.2) is 0 Å². The van der Waals surface area contributed by atoms with Crippen LogP contribution in [0.1, 0.15) is 90.0 Å². The van der Waals surface area contributed by atoms with Gasteiger partial charge in [-0.3, -0.25) is 4.79 Å². The maximum Gasteiger partial charge on any atom is 0.314 e. The largest absolute Gasteiger partial charge is 0.481 e. The highest BCUT2D eigenvalue weighted by molar-refractivity contribution is 5.82. The van der Waals surface area contributed by atoms with Gasteiger partial charge in [0, 0.05) is 6.61 Å². The summed E-state index contributed by atoms with van der Waals surface area (Å²) in [5.74, 6) is -0.973. The molecule has 1 aliphatic rings. The summed E-state index contributed by atoms with van der Waals surface area (Å²) in [7, 11) is 0. The van der Waals surface area contributed by atoms with Crippen molar-refractivity contribution < 1.29 is 19.0 Å². The zero-order valence-corrected chi connectivity index (χ0v) is 21.6. The second kappa shape index (κ2) is 13.8. The van der Waals surface area contributed by atoms with E-state index in [2.05, 4.69) is 13.8 Å². The van der Waals surface area contributed by atoms with Gasteiger partial charge < -0.3 is 9.84 Å². The van der Waals surface area contributed by atoms with Crippen molar-refractivity contribution in [2.75, 3.05) is 6.61 Å². The molecule has 0 spiro atoms. The lowest BCUT2D eigenvalue weighted by molar-refractivity contribution is -0.147. The van der Waals surface area contributed by atoms with Crippen molar-refractivity contribution in [1.82, 2.24) is 0 Å². The van der Waals surface area contributed by atoms with E-state index in [0.29, 0.717) is 18.4 Å². The molecule has 192 valence electrons. The molecule has 1 saturated carbocycles. The summed E-state index contributed by atoms with van der Waals surface area (Å²) >= 11 is 0. The minimum atomic E-state index is -1.14. The first-order valence-corrected chi connectivity index (χ1v) is 13.6. The Morgan fingerprint density at radius 1 is 1.03 bits per heavy atom. The number of alkyl halides is 1. The van der Waals surface area contributed by atoms with Crippen LogP contribution in [0, 0.1) is 5.92 Å². The quantitative estimate of drug-likeness (QED) is 0.275. The zero-order valence-electron chi connectivity index (χ0n) is 21.6. The van der Waals surface area contributed by atoms with Crippen LogP contribution < -0.4 is 0 Å². The normalized spacial score (nSPS) is 23.2. The van der Waals surface area contributed by atoms with Gasteiger partial charge >= 0.3 is 5.97 Å². The van der Waals surface area contributed by atoms with E-state index >= 15 is 4.39 Å². The molecule has 0 bridgehead atoms. The zero-order chi connectivity index (χ0) is 25.1. The Balaban J connectivity index is 1.49. The second-order valence-electron chi connectivity index (χ2n) is 10.4. The molecule has 0 aromatic heterocycles. The summed E-state index contributed by atoms with van der Waals surface area (Å²) in [4.78, 5) is 12.4. The van der Waals surface area contributed by atoms with Crippen LogP contribution >= 0.6 is 0 Å². The lowest BCUT2D eigenvalue weighted by Crippen LogP contribution is -2.44. The maximum absolute atomic E-state index is 15.3. The molecule has 0 amide bonds. The topological polar surface area (TPSA) is 46.5 Å². The molecule has 2 aromatic carbocycles. The summed E-state index contributed by atoms with van der Waals surface area (Å²) in [6, 6.07) is 17.7. The molecule has 0 heterocycles. The standard InChI is InChI=1S/C31H43FO3/c1-3-4-5-6-10-22-35-24(2)12-11-15-27-20-21-31(30(33)34,23-29(27)32)28-18-16-26(17-19-28)25-13-8-7-9-14-25/h7-9,13-14,16-19,24,27,29H,3-6,10-12,15,20-23H2,1-2H3,(H,33,34)/t24?,27-,29?,31-/m1/s1. The van der Waals surface area contributed by atoms with Crippen molar-refractivity contribution in [3.05, 3.63) is 60.2 Å². The van der Waals surface area contributed by atoms with Gasteiger partial charge in [-0.1, -0.05) is 93.6 Å². The summed E-state index contributed by atoms with van der Waals surface area (Å²) in [6.45, 7) is 5.14. The van der Waals surface area contributed by atoms with Crippen molar-refractivity contribution in [3.8, 4) is 11.1 Å². The fraction of sp³-hybridized carbons (Fsp3) is 0.581. The van der Waals surface area contributed by atoms with E-state index in [1.807, 2.05) is 54.6 Å². The van der Waals surface area contributed by atoms with E-state index in [-0.39, 0.29) is 18.4 Å². The van der Waals surface area contributed by atoms with E-state index in [4.69, 9.17) is 4.74 Å². The van der Waals surface area contributed by atoms with Crippen LogP contribution in [0.4, 0.5) is 4.39 Å². The van der Waals surface area contributed by atoms with Gasteiger partial charge in [0.25, 0.3) is 0 Å². The SMILES string of the molecule is CCCCCCCOC(C)CCC[C@@H]1CC[C@](C(=O)O)(c2ccc(-c3ccccc3)cc2)CC1F. The Labute approximate surface area is 211 Å². The van der Waals surface area contributed by atoms with Crippen LogP contribution in [0.25, 0.3) is 11.1 Å². The lowest BCUT2D eigenvalue weighted by Gasteiger charge is -2.39. The molecule has 0 saturated heterocycles. The molecule has 35 heavy (non-hydrogen) atoms. The van der Waals surface area contributed by atoms with Crippen LogP contribution in [-0.2, 0) is 14.9 Å². The third kappa shape index (κ3) is 7.64. The van der Waals surface area contributed by atoms with E-state index in [9.17, 15) is 9.90 Å². The molecule has 2 unspecified atom stereocenters. The fourth-order valence-corrected chi connectivity index (χ4v) is 5.47. The summed E-state index contributed by atoms with van der Waals surface area (Å²) < 4.78 is 21.2. The van der Waals surface area contributed by atoms with Crippen LogP contribution in [-0.4, -0.2) is 30.0 Å². The molecule has 2 aromatic rings. The first-order valence-electron chi connectivity index (χ1n) is 13.6. The Kier molecular flexibility index (Phi) is 10.8. The van der Waals surface area contributed by atoms with Crippen LogP contribution in [0.3, 0.4) is 0 Å². The average molecular weight is 483 g/mol. The molecular weight excluding hydrogens is 439 g/mol. The molecule has 3 nitrogen and oxygen atoms in total. The van der Waals surface area contributed by atoms with E-state index in [1.54, 1.807) is 0 Å². The molecule has 1 N–H and O–H groups in total. The van der Waals surface area contributed by atoms with Crippen molar-refractivity contribution in [2.24, 2.45) is 5.92 Å². The highest BCUT2D eigenvalue weighted by Gasteiger charge is 2.47. The van der Waals surface area contributed by atoms with E-state index < -0.39 is 17.6 Å². The number of carboxylic acids is 1. The Hall–Kier alpha value is -2.20. The molecule has 1 aliphatic carbocycles. The van der Waals surface area contributed by atoms with Crippen molar-refractivity contribution in [1.29, 1.82) is 0 Å². The van der Waals surface area contributed by atoms with Gasteiger partial charge in [0.2, 0.25) is 0 Å². The first-order chi connectivity index (χ1) is 17.0. The molecular formula is C31H43FO3. The molecule has 1 fully saturated rings. The van der Waals surface area contributed by atoms with Crippen LogP contribution in [0.2, 0.25) is 0 Å². The van der Waals surface area contributed by atoms with Crippen LogP contribution in [0.5, 0.6) is 0 Å². The summed E-state index contributed by atoms with van der Waals surface area (Å²) in [6.07, 6.45) is 9.09. The van der Waals surface area contributed by atoms with Crippen molar-refractivity contribution in [3.63, 3.8) is 0 Å². The number of aliphatic carboxylic acids is 1. The highest BCUT2D eigenvalue weighted by Crippen LogP contribution is 2.45. The minimum Gasteiger partial charge on any atom is -0.481 e.